The van der Waals surface area contributed by atoms with E-state index in [1.54, 1.807) is 0 Å². The first-order valence-corrected chi connectivity index (χ1v) is 4.75. The van der Waals surface area contributed by atoms with Crippen molar-refractivity contribution in [2.24, 2.45) is 0 Å². The van der Waals surface area contributed by atoms with Crippen molar-refractivity contribution in [2.75, 3.05) is 0 Å². The molecule has 1 aliphatic rings. The Kier molecular flexibility index (Phi) is 2.12. The van der Waals surface area contributed by atoms with Gasteiger partial charge >= 0.3 is 0 Å². The van der Waals surface area contributed by atoms with Crippen LogP contribution >= 0.6 is 0 Å². The molecule has 0 radical (unpaired) electrons. The van der Waals surface area contributed by atoms with E-state index in [1.807, 2.05) is 30.7 Å². The zero-order valence-corrected chi connectivity index (χ0v) is 8.49. The third-order valence-corrected chi connectivity index (χ3v) is 2.25. The number of hydrogen-bond acceptors (Lipinski definition) is 2. The van der Waals surface area contributed by atoms with Crippen LogP contribution in [0.15, 0.2) is 42.9 Å². The minimum atomic E-state index is 0.0351. The summed E-state index contributed by atoms with van der Waals surface area (Å²) in [4.78, 5) is 4.01. The molecule has 1 N–H and O–H groups in total. The predicted octanol–water partition coefficient (Wildman–Crippen LogP) is 2.36. The van der Waals surface area contributed by atoms with E-state index in [1.165, 1.54) is 11.1 Å². The predicted molar refractivity (Wildman–Crippen MR) is 58.6 cm³/mol. The van der Waals surface area contributed by atoms with Crippen molar-refractivity contribution in [1.29, 1.82) is 0 Å². The lowest BCUT2D eigenvalue weighted by Crippen LogP contribution is -2.34. The number of aromatic nitrogens is 1. The summed E-state index contributed by atoms with van der Waals surface area (Å²) >= 11 is 0. The Bertz CT molecular complexity index is 375. The lowest BCUT2D eigenvalue weighted by atomic mass is 9.95. The minimum absolute atomic E-state index is 0.0351. The van der Waals surface area contributed by atoms with Crippen LogP contribution in [0, 0.1) is 0 Å². The van der Waals surface area contributed by atoms with Crippen LogP contribution in [-0.4, -0.2) is 10.5 Å². The molecule has 0 amide bonds. The molecule has 2 nitrogen and oxygen atoms in total. The molecule has 0 saturated carbocycles. The Labute approximate surface area is 84.4 Å². The van der Waals surface area contributed by atoms with Crippen LogP contribution < -0.4 is 5.32 Å². The molecule has 2 rings (SSSR count). The lowest BCUT2D eigenvalue weighted by molar-refractivity contribution is 0.550. The Hall–Kier alpha value is -1.57. The Morgan fingerprint density at radius 2 is 1.93 bits per heavy atom. The molecular weight excluding hydrogens is 172 g/mol. The van der Waals surface area contributed by atoms with Gasteiger partial charge in [0.25, 0.3) is 0 Å². The van der Waals surface area contributed by atoms with Crippen LogP contribution in [0.1, 0.15) is 19.4 Å². The second kappa shape index (κ2) is 3.29. The second-order valence-electron chi connectivity index (χ2n) is 4.03. The van der Waals surface area contributed by atoms with Crippen molar-refractivity contribution in [2.45, 2.75) is 19.4 Å². The number of nitrogens with zero attached hydrogens (tertiary/aromatic N) is 1. The van der Waals surface area contributed by atoms with Crippen molar-refractivity contribution in [1.82, 2.24) is 10.3 Å². The third kappa shape index (κ3) is 1.84. The summed E-state index contributed by atoms with van der Waals surface area (Å²) < 4.78 is 0. The number of nitrogens with one attached hydrogen (secondary N) is 1. The van der Waals surface area contributed by atoms with Crippen molar-refractivity contribution >= 4 is 5.57 Å². The molecule has 1 aliphatic heterocycles. The first kappa shape index (κ1) is 9.00. The monoisotopic (exact) mass is 186 g/mol. The molecule has 0 aromatic carbocycles. The molecule has 2 heteroatoms. The Morgan fingerprint density at radius 3 is 2.57 bits per heavy atom. The van der Waals surface area contributed by atoms with Gasteiger partial charge in [-0.15, -0.1) is 0 Å². The maximum absolute atomic E-state index is 4.01. The topological polar surface area (TPSA) is 24.9 Å². The van der Waals surface area contributed by atoms with Crippen LogP contribution in [0.2, 0.25) is 0 Å². The van der Waals surface area contributed by atoms with Crippen LogP contribution in [0.3, 0.4) is 0 Å². The first-order chi connectivity index (χ1) is 6.67. The van der Waals surface area contributed by atoms with Gasteiger partial charge in [-0.2, -0.15) is 0 Å². The highest BCUT2D eigenvalue weighted by Gasteiger charge is 2.16. The van der Waals surface area contributed by atoms with Gasteiger partial charge in [-0.05, 0) is 49.4 Å². The summed E-state index contributed by atoms with van der Waals surface area (Å²) in [6.45, 7) is 4.30. The number of pyridine rings is 1. The molecule has 0 spiro atoms. The molecule has 14 heavy (non-hydrogen) atoms. The summed E-state index contributed by atoms with van der Waals surface area (Å²) in [7, 11) is 0. The molecule has 2 heterocycles. The fraction of sp³-hybridized carbons (Fsp3) is 0.250. The number of rotatable bonds is 1. The van der Waals surface area contributed by atoms with Gasteiger partial charge in [-0.25, -0.2) is 0 Å². The molecule has 0 atom stereocenters. The highest BCUT2D eigenvalue weighted by molar-refractivity contribution is 5.75. The highest BCUT2D eigenvalue weighted by atomic mass is 14.9. The summed E-state index contributed by atoms with van der Waals surface area (Å²) in [5, 5.41) is 3.29. The second-order valence-corrected chi connectivity index (χ2v) is 4.03. The summed E-state index contributed by atoms with van der Waals surface area (Å²) in [5.41, 5.74) is 2.50. The fourth-order valence-electron chi connectivity index (χ4n) is 1.55. The SMILES string of the molecule is CC1(C)C=C(c2ccncc2)C=CN1. The molecule has 1 aromatic rings. The average Bonchev–Trinajstić information content (AvgIpc) is 2.18. The van der Waals surface area contributed by atoms with E-state index < -0.39 is 0 Å². The van der Waals surface area contributed by atoms with Crippen LogP contribution in [0.25, 0.3) is 5.57 Å². The van der Waals surface area contributed by atoms with Gasteiger partial charge in [0.05, 0.1) is 5.54 Å². The van der Waals surface area contributed by atoms with Crippen LogP contribution in [0.5, 0.6) is 0 Å². The van der Waals surface area contributed by atoms with Crippen molar-refractivity contribution < 1.29 is 0 Å². The maximum atomic E-state index is 4.01. The van der Waals surface area contributed by atoms with Crippen LogP contribution in [0.4, 0.5) is 0 Å². The molecule has 1 aromatic heterocycles. The Morgan fingerprint density at radius 1 is 1.21 bits per heavy atom. The summed E-state index contributed by atoms with van der Waals surface area (Å²) in [6.07, 6.45) is 9.94. The van der Waals surface area contributed by atoms with Gasteiger partial charge in [-0.3, -0.25) is 4.98 Å². The highest BCUT2D eigenvalue weighted by Crippen LogP contribution is 2.22. The smallest absolute Gasteiger partial charge is 0.0503 e. The lowest BCUT2D eigenvalue weighted by Gasteiger charge is -2.26. The molecule has 0 unspecified atom stereocenters. The van der Waals surface area contributed by atoms with Crippen LogP contribution in [-0.2, 0) is 0 Å². The zero-order chi connectivity index (χ0) is 10.0. The molecule has 0 aliphatic carbocycles. The molecule has 0 fully saturated rings. The normalized spacial score (nSPS) is 18.6. The molecule has 72 valence electrons. The Balaban J connectivity index is 2.36. The van der Waals surface area contributed by atoms with E-state index in [-0.39, 0.29) is 5.54 Å². The molecular formula is C12H14N2. The van der Waals surface area contributed by atoms with Gasteiger partial charge in [-0.1, -0.05) is 6.08 Å². The summed E-state index contributed by atoms with van der Waals surface area (Å²) in [6, 6.07) is 4.05. The van der Waals surface area contributed by atoms with E-state index in [0.29, 0.717) is 0 Å². The number of allylic oxidation sites excluding steroid dienone is 2. The molecule has 0 bridgehead atoms. The van der Waals surface area contributed by atoms with Crippen molar-refractivity contribution in [3.63, 3.8) is 0 Å². The van der Waals surface area contributed by atoms with Gasteiger partial charge < -0.3 is 5.32 Å². The van der Waals surface area contributed by atoms with Crippen molar-refractivity contribution in [3.8, 4) is 0 Å². The van der Waals surface area contributed by atoms with E-state index in [0.717, 1.165) is 0 Å². The fourth-order valence-corrected chi connectivity index (χ4v) is 1.55. The van der Waals surface area contributed by atoms with Gasteiger partial charge in [0.1, 0.15) is 0 Å². The van der Waals surface area contributed by atoms with Crippen molar-refractivity contribution in [3.05, 3.63) is 48.4 Å². The standard InChI is InChI=1S/C12H14N2/c1-12(2)9-11(5-8-14-12)10-3-6-13-7-4-10/h3-9,14H,1-2H3. The quantitative estimate of drug-likeness (QED) is 0.728. The largest absolute Gasteiger partial charge is 0.382 e. The zero-order valence-electron chi connectivity index (χ0n) is 8.49. The van der Waals surface area contributed by atoms with E-state index in [9.17, 15) is 0 Å². The number of hydrogen-bond donors (Lipinski definition) is 1. The van der Waals surface area contributed by atoms with E-state index in [4.69, 9.17) is 0 Å². The molecule has 0 saturated heterocycles. The van der Waals surface area contributed by atoms with Gasteiger partial charge in [0.2, 0.25) is 0 Å². The average molecular weight is 186 g/mol. The summed E-state index contributed by atoms with van der Waals surface area (Å²) in [5.74, 6) is 0. The van der Waals surface area contributed by atoms with E-state index in [2.05, 4.69) is 36.3 Å². The van der Waals surface area contributed by atoms with E-state index >= 15 is 0 Å². The maximum Gasteiger partial charge on any atom is 0.0503 e. The minimum Gasteiger partial charge on any atom is -0.382 e. The third-order valence-electron chi connectivity index (χ3n) is 2.25. The first-order valence-electron chi connectivity index (χ1n) is 4.75. The van der Waals surface area contributed by atoms with Gasteiger partial charge in [0.15, 0.2) is 0 Å². The number of dihydropyridines is 1. The van der Waals surface area contributed by atoms with Gasteiger partial charge in [0, 0.05) is 12.4 Å².